The average Bonchev–Trinajstić information content (AvgIpc) is 2.69. The van der Waals surface area contributed by atoms with Crippen molar-refractivity contribution < 1.29 is 9.18 Å². The fourth-order valence-corrected chi connectivity index (χ4v) is 2.97. The highest BCUT2D eigenvalue weighted by Crippen LogP contribution is 2.16. The molecule has 3 aromatic rings. The van der Waals surface area contributed by atoms with Gasteiger partial charge in [0.15, 0.2) is 5.69 Å². The molecular formula is C21H22FN3O2. The van der Waals surface area contributed by atoms with Crippen LogP contribution in [-0.2, 0) is 13.1 Å². The zero-order valence-corrected chi connectivity index (χ0v) is 15.5. The Morgan fingerprint density at radius 1 is 1.11 bits per heavy atom. The first-order valence-corrected chi connectivity index (χ1v) is 9.01. The van der Waals surface area contributed by atoms with Crippen LogP contribution in [0.25, 0.3) is 10.8 Å². The van der Waals surface area contributed by atoms with Crippen molar-refractivity contribution in [1.82, 2.24) is 14.7 Å². The minimum atomic E-state index is -0.316. The summed E-state index contributed by atoms with van der Waals surface area (Å²) in [5.74, 6) is -0.593. The molecule has 0 aliphatic carbocycles. The largest absolute Gasteiger partial charge is 0.336 e. The Labute approximate surface area is 157 Å². The van der Waals surface area contributed by atoms with Crippen molar-refractivity contribution in [3.8, 4) is 0 Å². The monoisotopic (exact) mass is 367 g/mol. The first-order chi connectivity index (χ1) is 13.0. The molecular weight excluding hydrogens is 345 g/mol. The van der Waals surface area contributed by atoms with Gasteiger partial charge in [-0.25, -0.2) is 9.07 Å². The van der Waals surface area contributed by atoms with Crippen molar-refractivity contribution in [3.05, 3.63) is 76.0 Å². The highest BCUT2D eigenvalue weighted by Gasteiger charge is 2.20. The van der Waals surface area contributed by atoms with Crippen molar-refractivity contribution >= 4 is 16.7 Å². The highest BCUT2D eigenvalue weighted by atomic mass is 19.1. The Hall–Kier alpha value is -3.02. The Kier molecular flexibility index (Phi) is 5.64. The molecule has 0 atom stereocenters. The van der Waals surface area contributed by atoms with Gasteiger partial charge in [-0.2, -0.15) is 5.10 Å². The molecule has 0 radical (unpaired) electrons. The van der Waals surface area contributed by atoms with E-state index < -0.39 is 0 Å². The van der Waals surface area contributed by atoms with Gasteiger partial charge in [-0.1, -0.05) is 43.7 Å². The average molecular weight is 367 g/mol. The fourth-order valence-electron chi connectivity index (χ4n) is 2.97. The van der Waals surface area contributed by atoms with Gasteiger partial charge in [0.1, 0.15) is 5.82 Å². The lowest BCUT2D eigenvalue weighted by Gasteiger charge is -2.18. The van der Waals surface area contributed by atoms with Crippen LogP contribution in [0.15, 0.2) is 53.3 Å². The smallest absolute Gasteiger partial charge is 0.274 e. The van der Waals surface area contributed by atoms with E-state index in [0.29, 0.717) is 23.9 Å². The molecule has 5 nitrogen and oxygen atoms in total. The van der Waals surface area contributed by atoms with Crippen LogP contribution in [0.3, 0.4) is 0 Å². The molecule has 0 aliphatic heterocycles. The van der Waals surface area contributed by atoms with E-state index in [1.54, 1.807) is 43.4 Å². The second kappa shape index (κ2) is 8.12. The van der Waals surface area contributed by atoms with Crippen LogP contribution in [0.2, 0.25) is 0 Å². The number of amides is 1. The summed E-state index contributed by atoms with van der Waals surface area (Å²) in [5, 5.41) is 5.40. The second-order valence-corrected chi connectivity index (χ2v) is 6.56. The van der Waals surface area contributed by atoms with E-state index in [1.165, 1.54) is 21.7 Å². The van der Waals surface area contributed by atoms with Crippen LogP contribution in [0, 0.1) is 5.82 Å². The van der Waals surface area contributed by atoms with E-state index in [0.717, 1.165) is 18.4 Å². The number of nitrogens with zero attached hydrogens (tertiary/aromatic N) is 3. The summed E-state index contributed by atoms with van der Waals surface area (Å²) in [4.78, 5) is 27.2. The minimum Gasteiger partial charge on any atom is -0.336 e. The number of unbranched alkanes of at least 4 members (excludes halogenated alkanes) is 1. The second-order valence-electron chi connectivity index (χ2n) is 6.56. The predicted octanol–water partition coefficient (Wildman–Crippen LogP) is 3.61. The van der Waals surface area contributed by atoms with Crippen LogP contribution in [-0.4, -0.2) is 27.6 Å². The van der Waals surface area contributed by atoms with Crippen LogP contribution in [0.5, 0.6) is 0 Å². The van der Waals surface area contributed by atoms with Crippen molar-refractivity contribution in [2.75, 3.05) is 7.05 Å². The molecule has 0 saturated heterocycles. The number of carbonyl (C=O) groups is 1. The molecule has 0 N–H and O–H groups in total. The first-order valence-electron chi connectivity index (χ1n) is 9.01. The summed E-state index contributed by atoms with van der Waals surface area (Å²) in [7, 11) is 1.67. The molecule has 0 aliphatic rings. The van der Waals surface area contributed by atoms with Gasteiger partial charge < -0.3 is 4.90 Å². The quantitative estimate of drug-likeness (QED) is 0.669. The van der Waals surface area contributed by atoms with Gasteiger partial charge >= 0.3 is 0 Å². The van der Waals surface area contributed by atoms with E-state index in [4.69, 9.17) is 0 Å². The Balaban J connectivity index is 1.98. The maximum atomic E-state index is 13.1. The molecule has 0 spiro atoms. The summed E-state index contributed by atoms with van der Waals surface area (Å²) in [6, 6.07) is 13.1. The summed E-state index contributed by atoms with van der Waals surface area (Å²) in [6.45, 7) is 2.83. The molecule has 2 aromatic carbocycles. The molecule has 1 amide bonds. The SMILES string of the molecule is CCCCn1nc(C(=O)N(C)Cc2ccc(F)cc2)c2ccccc2c1=O. The highest BCUT2D eigenvalue weighted by molar-refractivity contribution is 6.04. The number of aromatic nitrogens is 2. The number of benzene rings is 2. The molecule has 0 unspecified atom stereocenters. The molecule has 0 bridgehead atoms. The van der Waals surface area contributed by atoms with E-state index in [-0.39, 0.29) is 23.0 Å². The number of carbonyl (C=O) groups excluding carboxylic acids is 1. The van der Waals surface area contributed by atoms with Gasteiger partial charge in [-0.3, -0.25) is 9.59 Å². The number of rotatable bonds is 6. The molecule has 140 valence electrons. The predicted molar refractivity (Wildman–Crippen MR) is 103 cm³/mol. The van der Waals surface area contributed by atoms with E-state index in [1.807, 2.05) is 6.92 Å². The van der Waals surface area contributed by atoms with Crippen LogP contribution >= 0.6 is 0 Å². The Bertz CT molecular complexity index is 1010. The molecule has 0 fully saturated rings. The van der Waals surface area contributed by atoms with Gasteiger partial charge in [0.25, 0.3) is 11.5 Å². The summed E-state index contributed by atoms with van der Waals surface area (Å²) in [6.07, 6.45) is 1.74. The third-order valence-electron chi connectivity index (χ3n) is 4.47. The number of fused-ring (bicyclic) bond motifs is 1. The zero-order valence-electron chi connectivity index (χ0n) is 15.5. The molecule has 1 aromatic heterocycles. The number of halogens is 1. The van der Waals surface area contributed by atoms with Crippen LogP contribution < -0.4 is 5.56 Å². The normalized spacial score (nSPS) is 10.9. The summed E-state index contributed by atoms with van der Waals surface area (Å²) in [5.41, 5.74) is 0.888. The van der Waals surface area contributed by atoms with Gasteiger partial charge in [0.2, 0.25) is 0 Å². The lowest BCUT2D eigenvalue weighted by Crippen LogP contribution is -2.32. The first kappa shape index (κ1) is 18.8. The molecule has 27 heavy (non-hydrogen) atoms. The van der Waals surface area contributed by atoms with E-state index in [9.17, 15) is 14.0 Å². The molecule has 6 heteroatoms. The number of hydrogen-bond acceptors (Lipinski definition) is 3. The molecule has 1 heterocycles. The summed E-state index contributed by atoms with van der Waals surface area (Å²) >= 11 is 0. The molecule has 3 rings (SSSR count). The fraction of sp³-hybridized carbons (Fsp3) is 0.286. The Morgan fingerprint density at radius 3 is 2.44 bits per heavy atom. The van der Waals surface area contributed by atoms with Gasteiger partial charge in [0.05, 0.1) is 5.39 Å². The van der Waals surface area contributed by atoms with Gasteiger partial charge in [0, 0.05) is 25.5 Å². The van der Waals surface area contributed by atoms with Crippen molar-refractivity contribution in [2.24, 2.45) is 0 Å². The third kappa shape index (κ3) is 4.05. The van der Waals surface area contributed by atoms with Gasteiger partial charge in [-0.05, 0) is 30.2 Å². The van der Waals surface area contributed by atoms with Crippen molar-refractivity contribution in [2.45, 2.75) is 32.9 Å². The Morgan fingerprint density at radius 2 is 1.78 bits per heavy atom. The maximum absolute atomic E-state index is 13.1. The zero-order chi connectivity index (χ0) is 19.4. The third-order valence-corrected chi connectivity index (χ3v) is 4.47. The molecule has 0 saturated carbocycles. The van der Waals surface area contributed by atoms with Crippen LogP contribution in [0.4, 0.5) is 4.39 Å². The topological polar surface area (TPSA) is 55.2 Å². The van der Waals surface area contributed by atoms with Gasteiger partial charge in [-0.15, -0.1) is 0 Å². The summed E-state index contributed by atoms with van der Waals surface area (Å²) < 4.78 is 14.5. The lowest BCUT2D eigenvalue weighted by atomic mass is 10.1. The standard InChI is InChI=1S/C21H22FN3O2/c1-3-4-13-25-20(26)18-8-6-5-7-17(18)19(23-25)21(27)24(2)14-15-9-11-16(22)12-10-15/h5-12H,3-4,13-14H2,1-2H3. The maximum Gasteiger partial charge on any atom is 0.274 e. The van der Waals surface area contributed by atoms with Crippen molar-refractivity contribution in [1.29, 1.82) is 0 Å². The van der Waals surface area contributed by atoms with E-state index >= 15 is 0 Å². The minimum absolute atomic E-state index is 0.184. The number of aryl methyl sites for hydroxylation is 1. The van der Waals surface area contributed by atoms with E-state index in [2.05, 4.69) is 5.10 Å². The van der Waals surface area contributed by atoms with Crippen LogP contribution in [0.1, 0.15) is 35.8 Å². The lowest BCUT2D eigenvalue weighted by molar-refractivity contribution is 0.0778. The van der Waals surface area contributed by atoms with Crippen molar-refractivity contribution in [3.63, 3.8) is 0 Å². The number of hydrogen-bond donors (Lipinski definition) is 0.